The number of hydrogen-bond acceptors (Lipinski definition) is 3. The molecule has 0 atom stereocenters. The van der Waals surface area contributed by atoms with Crippen molar-refractivity contribution in [3.8, 4) is 0 Å². The molecule has 1 saturated heterocycles. The number of rotatable bonds is 4. The molecule has 4 nitrogen and oxygen atoms in total. The molecule has 1 amide bonds. The predicted molar refractivity (Wildman–Crippen MR) is 71.3 cm³/mol. The second kappa shape index (κ2) is 7.10. The highest BCUT2D eigenvalue weighted by molar-refractivity contribution is 5.78. The molecule has 2 aliphatic rings. The largest absolute Gasteiger partial charge is 0.393 e. The van der Waals surface area contributed by atoms with Crippen molar-refractivity contribution in [1.29, 1.82) is 0 Å². The summed E-state index contributed by atoms with van der Waals surface area (Å²) in [5.74, 6) is 0.327. The predicted octanol–water partition coefficient (Wildman–Crippen LogP) is 1.14. The van der Waals surface area contributed by atoms with Crippen LogP contribution in [0.5, 0.6) is 0 Å². The summed E-state index contributed by atoms with van der Waals surface area (Å²) < 4.78 is 0. The van der Waals surface area contributed by atoms with Gasteiger partial charge in [0, 0.05) is 19.0 Å². The molecule has 0 radical (unpaired) electrons. The number of carbonyl (C=O) groups is 1. The van der Waals surface area contributed by atoms with E-state index in [0.29, 0.717) is 0 Å². The molecule has 0 aromatic carbocycles. The van der Waals surface area contributed by atoms with Crippen LogP contribution in [0.2, 0.25) is 0 Å². The Morgan fingerprint density at radius 2 is 1.78 bits per heavy atom. The molecular weight excluding hydrogens is 228 g/mol. The zero-order valence-corrected chi connectivity index (χ0v) is 11.2. The molecule has 104 valence electrons. The lowest BCUT2D eigenvalue weighted by molar-refractivity contribution is -0.126. The van der Waals surface area contributed by atoms with E-state index in [1.165, 1.54) is 32.4 Å². The molecule has 1 aliphatic carbocycles. The van der Waals surface area contributed by atoms with Crippen molar-refractivity contribution >= 4 is 5.91 Å². The monoisotopic (exact) mass is 254 g/mol. The number of aliphatic hydroxyl groups is 1. The molecule has 0 bridgehead atoms. The van der Waals surface area contributed by atoms with Crippen LogP contribution >= 0.6 is 0 Å². The Bertz CT molecular complexity index is 257. The van der Waals surface area contributed by atoms with Crippen LogP contribution in [0.4, 0.5) is 0 Å². The average molecular weight is 254 g/mol. The molecule has 0 spiro atoms. The molecule has 1 saturated carbocycles. The van der Waals surface area contributed by atoms with Gasteiger partial charge >= 0.3 is 0 Å². The fourth-order valence-corrected chi connectivity index (χ4v) is 3.00. The van der Waals surface area contributed by atoms with E-state index >= 15 is 0 Å². The van der Waals surface area contributed by atoms with Gasteiger partial charge < -0.3 is 15.3 Å². The van der Waals surface area contributed by atoms with Crippen molar-refractivity contribution in [2.75, 3.05) is 26.2 Å². The summed E-state index contributed by atoms with van der Waals surface area (Å²) in [7, 11) is 0. The smallest absolute Gasteiger partial charge is 0.223 e. The number of aliphatic hydroxyl groups excluding tert-OH is 1. The van der Waals surface area contributed by atoms with Crippen molar-refractivity contribution < 1.29 is 9.90 Å². The van der Waals surface area contributed by atoms with Gasteiger partial charge in [-0.2, -0.15) is 0 Å². The summed E-state index contributed by atoms with van der Waals surface area (Å²) >= 11 is 0. The minimum atomic E-state index is -0.178. The van der Waals surface area contributed by atoms with Crippen LogP contribution in [0.1, 0.15) is 44.9 Å². The Morgan fingerprint density at radius 1 is 1.11 bits per heavy atom. The number of piperidine rings is 1. The van der Waals surface area contributed by atoms with Crippen LogP contribution in [0.25, 0.3) is 0 Å². The lowest BCUT2D eigenvalue weighted by Crippen LogP contribution is -2.40. The minimum Gasteiger partial charge on any atom is -0.393 e. The topological polar surface area (TPSA) is 52.6 Å². The number of hydrogen-bond donors (Lipinski definition) is 2. The van der Waals surface area contributed by atoms with Crippen molar-refractivity contribution in [2.45, 2.75) is 51.0 Å². The first-order valence-corrected chi connectivity index (χ1v) is 7.44. The second-order valence-electron chi connectivity index (χ2n) is 5.70. The maximum atomic E-state index is 11.9. The zero-order chi connectivity index (χ0) is 12.8. The number of amides is 1. The first-order valence-electron chi connectivity index (χ1n) is 7.44. The van der Waals surface area contributed by atoms with Gasteiger partial charge in [-0.1, -0.05) is 6.42 Å². The van der Waals surface area contributed by atoms with E-state index in [1.807, 2.05) is 0 Å². The summed E-state index contributed by atoms with van der Waals surface area (Å²) in [6.45, 7) is 4.13. The maximum absolute atomic E-state index is 11.9. The van der Waals surface area contributed by atoms with Crippen molar-refractivity contribution in [1.82, 2.24) is 10.2 Å². The van der Waals surface area contributed by atoms with E-state index < -0.39 is 0 Å². The van der Waals surface area contributed by atoms with E-state index in [1.54, 1.807) is 0 Å². The molecule has 2 rings (SSSR count). The fourth-order valence-electron chi connectivity index (χ4n) is 3.00. The van der Waals surface area contributed by atoms with Crippen molar-refractivity contribution in [2.24, 2.45) is 5.92 Å². The Balaban J connectivity index is 1.59. The van der Waals surface area contributed by atoms with Gasteiger partial charge in [-0.05, 0) is 51.6 Å². The Kier molecular flexibility index (Phi) is 5.45. The van der Waals surface area contributed by atoms with Crippen molar-refractivity contribution in [3.05, 3.63) is 0 Å². The third-order valence-electron chi connectivity index (χ3n) is 4.24. The molecule has 0 aromatic heterocycles. The summed E-state index contributed by atoms with van der Waals surface area (Å²) in [5.41, 5.74) is 0. The van der Waals surface area contributed by atoms with Crippen LogP contribution in [0, 0.1) is 5.92 Å². The number of carbonyl (C=O) groups excluding carboxylic acids is 1. The third kappa shape index (κ3) is 4.25. The maximum Gasteiger partial charge on any atom is 0.223 e. The van der Waals surface area contributed by atoms with Crippen LogP contribution in [0.15, 0.2) is 0 Å². The standard InChI is InChI=1S/C14H26N2O2/c17-13-6-4-12(5-7-13)14(18)15-8-11-16-9-2-1-3-10-16/h12-13,17H,1-11H2,(H,15,18)/t12-,13-. The minimum absolute atomic E-state index is 0.134. The molecule has 1 aliphatic heterocycles. The molecule has 1 heterocycles. The Morgan fingerprint density at radius 3 is 2.44 bits per heavy atom. The second-order valence-corrected chi connectivity index (χ2v) is 5.70. The van der Waals surface area contributed by atoms with E-state index in [9.17, 15) is 9.90 Å². The fraction of sp³-hybridized carbons (Fsp3) is 0.929. The molecule has 2 N–H and O–H groups in total. The van der Waals surface area contributed by atoms with E-state index in [2.05, 4.69) is 10.2 Å². The van der Waals surface area contributed by atoms with Gasteiger partial charge in [0.2, 0.25) is 5.91 Å². The zero-order valence-electron chi connectivity index (χ0n) is 11.2. The molecule has 2 fully saturated rings. The number of nitrogens with one attached hydrogen (secondary N) is 1. The summed E-state index contributed by atoms with van der Waals surface area (Å²) in [5, 5.41) is 12.5. The lowest BCUT2D eigenvalue weighted by Gasteiger charge is -2.27. The van der Waals surface area contributed by atoms with Crippen LogP contribution < -0.4 is 5.32 Å². The SMILES string of the molecule is O=C(NCCN1CCCCC1)[C@H]1CC[C@H](O)CC1. The summed E-state index contributed by atoms with van der Waals surface area (Å²) in [6.07, 6.45) is 7.03. The molecular formula is C14H26N2O2. The van der Waals surface area contributed by atoms with Crippen LogP contribution in [0.3, 0.4) is 0 Å². The highest BCUT2D eigenvalue weighted by Crippen LogP contribution is 2.24. The van der Waals surface area contributed by atoms with Crippen LogP contribution in [-0.2, 0) is 4.79 Å². The Labute approximate surface area is 110 Å². The normalized spacial score (nSPS) is 30.1. The first kappa shape index (κ1) is 13.8. The lowest BCUT2D eigenvalue weighted by atomic mass is 9.87. The first-order chi connectivity index (χ1) is 8.75. The number of nitrogens with zero attached hydrogens (tertiary/aromatic N) is 1. The highest BCUT2D eigenvalue weighted by atomic mass is 16.3. The molecule has 4 heteroatoms. The third-order valence-corrected chi connectivity index (χ3v) is 4.24. The Hall–Kier alpha value is -0.610. The van der Waals surface area contributed by atoms with Gasteiger partial charge in [0.05, 0.1) is 6.10 Å². The van der Waals surface area contributed by atoms with E-state index in [0.717, 1.165) is 38.8 Å². The van der Waals surface area contributed by atoms with Gasteiger partial charge in [0.15, 0.2) is 0 Å². The van der Waals surface area contributed by atoms with Gasteiger partial charge in [0.1, 0.15) is 0 Å². The van der Waals surface area contributed by atoms with Gasteiger partial charge in [-0.15, -0.1) is 0 Å². The van der Waals surface area contributed by atoms with Gasteiger partial charge in [-0.25, -0.2) is 0 Å². The molecule has 0 aromatic rings. The van der Waals surface area contributed by atoms with Crippen molar-refractivity contribution in [3.63, 3.8) is 0 Å². The molecule has 18 heavy (non-hydrogen) atoms. The van der Waals surface area contributed by atoms with Gasteiger partial charge in [0.25, 0.3) is 0 Å². The summed E-state index contributed by atoms with van der Waals surface area (Å²) in [6, 6.07) is 0. The summed E-state index contributed by atoms with van der Waals surface area (Å²) in [4.78, 5) is 14.4. The van der Waals surface area contributed by atoms with Gasteiger partial charge in [-0.3, -0.25) is 4.79 Å². The van der Waals surface area contributed by atoms with E-state index in [4.69, 9.17) is 0 Å². The van der Waals surface area contributed by atoms with Crippen LogP contribution in [-0.4, -0.2) is 48.2 Å². The number of likely N-dealkylation sites (tertiary alicyclic amines) is 1. The quantitative estimate of drug-likeness (QED) is 0.791. The highest BCUT2D eigenvalue weighted by Gasteiger charge is 2.24. The van der Waals surface area contributed by atoms with E-state index in [-0.39, 0.29) is 17.9 Å². The molecule has 0 unspecified atom stereocenters. The average Bonchev–Trinajstić information content (AvgIpc) is 2.40.